The molecule has 2 aromatic rings. The first-order valence-electron chi connectivity index (χ1n) is 9.21. The molecule has 26 heavy (non-hydrogen) atoms. The molecule has 0 N–H and O–H groups in total. The van der Waals surface area contributed by atoms with Crippen molar-refractivity contribution >= 4 is 5.91 Å². The molecular weight excluding hydrogens is 326 g/mol. The third-order valence-corrected chi connectivity index (χ3v) is 5.23. The molecule has 138 valence electrons. The second kappa shape index (κ2) is 8.86. The molecule has 0 saturated carbocycles. The number of benzene rings is 2. The summed E-state index contributed by atoms with van der Waals surface area (Å²) in [6.07, 6.45) is 2.30. The van der Waals surface area contributed by atoms with E-state index in [-0.39, 0.29) is 17.9 Å². The van der Waals surface area contributed by atoms with Gasteiger partial charge in [-0.2, -0.15) is 0 Å². The van der Waals surface area contributed by atoms with E-state index in [2.05, 4.69) is 24.3 Å². The number of ether oxygens (including phenoxy) is 2. The van der Waals surface area contributed by atoms with E-state index in [1.807, 2.05) is 42.3 Å². The summed E-state index contributed by atoms with van der Waals surface area (Å²) < 4.78 is 10.7. The van der Waals surface area contributed by atoms with Gasteiger partial charge >= 0.3 is 0 Å². The van der Waals surface area contributed by atoms with Crippen molar-refractivity contribution in [3.63, 3.8) is 0 Å². The van der Waals surface area contributed by atoms with Crippen LogP contribution in [0.4, 0.5) is 0 Å². The highest BCUT2D eigenvalue weighted by molar-refractivity contribution is 5.78. The summed E-state index contributed by atoms with van der Waals surface area (Å²) >= 11 is 0. The van der Waals surface area contributed by atoms with E-state index < -0.39 is 0 Å². The fourth-order valence-electron chi connectivity index (χ4n) is 3.54. The maximum atomic E-state index is 13.0. The highest BCUT2D eigenvalue weighted by atomic mass is 16.5. The van der Waals surface area contributed by atoms with Crippen molar-refractivity contribution in [1.29, 1.82) is 0 Å². The number of rotatable bonds is 6. The quantitative estimate of drug-likeness (QED) is 0.792. The molecule has 0 spiro atoms. The largest absolute Gasteiger partial charge is 0.497 e. The summed E-state index contributed by atoms with van der Waals surface area (Å²) in [7, 11) is 3.59. The Kier molecular flexibility index (Phi) is 6.29. The normalized spacial score (nSPS) is 16.1. The lowest BCUT2D eigenvalue weighted by Crippen LogP contribution is -2.41. The lowest BCUT2D eigenvalue weighted by molar-refractivity contribution is -0.133. The van der Waals surface area contributed by atoms with E-state index in [0.29, 0.717) is 6.42 Å². The summed E-state index contributed by atoms with van der Waals surface area (Å²) in [4.78, 5) is 14.9. The van der Waals surface area contributed by atoms with Gasteiger partial charge in [0.25, 0.3) is 0 Å². The zero-order chi connectivity index (χ0) is 18.4. The molecule has 2 aromatic carbocycles. The number of carbonyl (C=O) groups is 1. The summed E-state index contributed by atoms with van der Waals surface area (Å²) in [5.41, 5.74) is 2.29. The van der Waals surface area contributed by atoms with Gasteiger partial charge in [-0.1, -0.05) is 42.5 Å². The minimum atomic E-state index is 0.0388. The molecule has 1 aliphatic rings. The fraction of sp³-hybridized carbons (Fsp3) is 0.409. The van der Waals surface area contributed by atoms with Crippen molar-refractivity contribution in [2.24, 2.45) is 0 Å². The zero-order valence-electron chi connectivity index (χ0n) is 15.6. The molecule has 3 rings (SSSR count). The molecule has 0 radical (unpaired) electrons. The third kappa shape index (κ3) is 4.44. The van der Waals surface area contributed by atoms with Crippen LogP contribution in [0.2, 0.25) is 0 Å². The zero-order valence-corrected chi connectivity index (χ0v) is 15.6. The van der Waals surface area contributed by atoms with Crippen LogP contribution < -0.4 is 4.74 Å². The third-order valence-electron chi connectivity index (χ3n) is 5.23. The highest BCUT2D eigenvalue weighted by Gasteiger charge is 2.26. The molecule has 1 aliphatic heterocycles. The lowest BCUT2D eigenvalue weighted by Gasteiger charge is -2.32. The van der Waals surface area contributed by atoms with Crippen molar-refractivity contribution in [3.8, 4) is 5.75 Å². The van der Waals surface area contributed by atoms with Crippen molar-refractivity contribution in [1.82, 2.24) is 4.90 Å². The molecule has 1 heterocycles. The molecule has 1 amide bonds. The number of methoxy groups -OCH3 is 1. The smallest absolute Gasteiger partial charge is 0.223 e. The molecule has 1 atom stereocenters. The van der Waals surface area contributed by atoms with Crippen molar-refractivity contribution in [3.05, 3.63) is 65.7 Å². The first-order chi connectivity index (χ1) is 12.7. The number of nitrogens with zero attached hydrogens (tertiary/aromatic N) is 1. The van der Waals surface area contributed by atoms with Crippen LogP contribution in [-0.2, 0) is 9.53 Å². The van der Waals surface area contributed by atoms with Crippen molar-refractivity contribution < 1.29 is 14.3 Å². The second-order valence-electron chi connectivity index (χ2n) is 6.79. The van der Waals surface area contributed by atoms with Crippen LogP contribution in [0.3, 0.4) is 0 Å². The molecule has 0 aliphatic carbocycles. The molecule has 0 bridgehead atoms. The average molecular weight is 353 g/mol. The van der Waals surface area contributed by atoms with Gasteiger partial charge in [-0.3, -0.25) is 4.79 Å². The summed E-state index contributed by atoms with van der Waals surface area (Å²) in [5.74, 6) is 1.05. The van der Waals surface area contributed by atoms with Crippen molar-refractivity contribution in [2.75, 3.05) is 27.4 Å². The second-order valence-corrected chi connectivity index (χ2v) is 6.79. The molecule has 0 aromatic heterocycles. The van der Waals surface area contributed by atoms with E-state index >= 15 is 0 Å². The van der Waals surface area contributed by atoms with Gasteiger partial charge in [-0.15, -0.1) is 0 Å². The molecule has 4 nitrogen and oxygen atoms in total. The van der Waals surface area contributed by atoms with Gasteiger partial charge in [0.2, 0.25) is 5.91 Å². The number of hydrogen-bond donors (Lipinski definition) is 0. The molecule has 4 heteroatoms. The van der Waals surface area contributed by atoms with Crippen molar-refractivity contribution in [2.45, 2.75) is 31.2 Å². The Morgan fingerprint density at radius 1 is 1.08 bits per heavy atom. The Bertz CT molecular complexity index is 693. The van der Waals surface area contributed by atoms with Gasteiger partial charge in [0, 0.05) is 38.6 Å². The van der Waals surface area contributed by atoms with Crippen LogP contribution in [0.5, 0.6) is 5.75 Å². The van der Waals surface area contributed by atoms with Gasteiger partial charge in [0.1, 0.15) is 5.75 Å². The van der Waals surface area contributed by atoms with Gasteiger partial charge in [0.15, 0.2) is 0 Å². The van der Waals surface area contributed by atoms with Gasteiger partial charge in [-0.25, -0.2) is 0 Å². The van der Waals surface area contributed by atoms with E-state index in [9.17, 15) is 4.79 Å². The maximum Gasteiger partial charge on any atom is 0.223 e. The summed E-state index contributed by atoms with van der Waals surface area (Å²) in [6.45, 7) is 1.48. The predicted octanol–water partition coefficient (Wildman–Crippen LogP) is 3.85. The van der Waals surface area contributed by atoms with Crippen LogP contribution >= 0.6 is 0 Å². The van der Waals surface area contributed by atoms with Crippen LogP contribution in [0.25, 0.3) is 0 Å². The van der Waals surface area contributed by atoms with Gasteiger partial charge < -0.3 is 14.4 Å². The number of hydrogen-bond acceptors (Lipinski definition) is 3. The Morgan fingerprint density at radius 3 is 2.31 bits per heavy atom. The molecule has 1 saturated heterocycles. The minimum absolute atomic E-state index is 0.0388. The Labute approximate surface area is 155 Å². The Balaban J connectivity index is 1.80. The van der Waals surface area contributed by atoms with Crippen LogP contribution in [0, 0.1) is 0 Å². The van der Waals surface area contributed by atoms with Crippen LogP contribution in [0.1, 0.15) is 36.3 Å². The highest BCUT2D eigenvalue weighted by Crippen LogP contribution is 2.30. The Morgan fingerprint density at radius 2 is 1.69 bits per heavy atom. The summed E-state index contributed by atoms with van der Waals surface area (Å²) in [5, 5.41) is 0. The standard InChI is InChI=1S/C22H27NO3/c1-23(19-12-14-26-15-13-19)22(24)16-21(17-6-4-3-5-7-17)18-8-10-20(25-2)11-9-18/h3-11,19,21H,12-16H2,1-2H3/t21-/m1/s1. The molecule has 0 unspecified atom stereocenters. The maximum absolute atomic E-state index is 13.0. The average Bonchev–Trinajstić information content (AvgIpc) is 2.72. The van der Waals surface area contributed by atoms with E-state index in [4.69, 9.17) is 9.47 Å². The monoisotopic (exact) mass is 353 g/mol. The fourth-order valence-corrected chi connectivity index (χ4v) is 3.54. The molecule has 1 fully saturated rings. The van der Waals surface area contributed by atoms with E-state index in [1.54, 1.807) is 7.11 Å². The Hall–Kier alpha value is -2.33. The van der Waals surface area contributed by atoms with Crippen LogP contribution in [-0.4, -0.2) is 44.2 Å². The molecular formula is C22H27NO3. The SMILES string of the molecule is COc1ccc([C@H](CC(=O)N(C)C2CCOCC2)c2ccccc2)cc1. The first-order valence-corrected chi connectivity index (χ1v) is 9.21. The van der Waals surface area contributed by atoms with Crippen LogP contribution in [0.15, 0.2) is 54.6 Å². The minimum Gasteiger partial charge on any atom is -0.497 e. The lowest BCUT2D eigenvalue weighted by atomic mass is 9.88. The summed E-state index contributed by atoms with van der Waals surface area (Å²) in [6, 6.07) is 18.5. The predicted molar refractivity (Wildman–Crippen MR) is 103 cm³/mol. The van der Waals surface area contributed by atoms with Gasteiger partial charge in [0.05, 0.1) is 7.11 Å². The van der Waals surface area contributed by atoms with Gasteiger partial charge in [-0.05, 0) is 36.1 Å². The number of amides is 1. The first kappa shape index (κ1) is 18.5. The number of carbonyl (C=O) groups excluding carboxylic acids is 1. The van der Waals surface area contributed by atoms with E-state index in [1.165, 1.54) is 0 Å². The van der Waals surface area contributed by atoms with E-state index in [0.717, 1.165) is 42.9 Å². The topological polar surface area (TPSA) is 38.8 Å².